The van der Waals surface area contributed by atoms with Crippen molar-refractivity contribution >= 4 is 11.8 Å². The fraction of sp³-hybridized carbons (Fsp3) is 0.393. The third-order valence-corrected chi connectivity index (χ3v) is 7.59. The van der Waals surface area contributed by atoms with Crippen molar-refractivity contribution < 1.29 is 14.0 Å². The zero-order valence-electron chi connectivity index (χ0n) is 20.2. The number of amides is 2. The first-order valence-corrected chi connectivity index (χ1v) is 12.4. The van der Waals surface area contributed by atoms with Gasteiger partial charge in [0.25, 0.3) is 5.91 Å². The zero-order chi connectivity index (χ0) is 24.5. The number of aromatic nitrogens is 2. The molecule has 2 aliphatic rings. The fourth-order valence-electron chi connectivity index (χ4n) is 5.79. The Morgan fingerprint density at radius 2 is 1.77 bits per heavy atom. The van der Waals surface area contributed by atoms with Gasteiger partial charge in [-0.3, -0.25) is 9.59 Å². The molecule has 1 saturated carbocycles. The quantitative estimate of drug-likeness (QED) is 0.568. The number of rotatable bonds is 5. The number of benzene rings is 2. The van der Waals surface area contributed by atoms with E-state index in [9.17, 15) is 14.0 Å². The van der Waals surface area contributed by atoms with Crippen LogP contribution in [0, 0.1) is 18.7 Å². The predicted molar refractivity (Wildman–Crippen MR) is 132 cm³/mol. The van der Waals surface area contributed by atoms with Crippen LogP contribution in [0.15, 0.2) is 60.8 Å². The Balaban J connectivity index is 1.36. The van der Waals surface area contributed by atoms with Gasteiger partial charge in [-0.25, -0.2) is 9.07 Å². The van der Waals surface area contributed by atoms with Gasteiger partial charge in [-0.05, 0) is 75.4 Å². The topological polar surface area (TPSA) is 67.2 Å². The lowest BCUT2D eigenvalue weighted by Crippen LogP contribution is -2.50. The van der Waals surface area contributed by atoms with Crippen LogP contribution in [0.4, 0.5) is 4.39 Å². The van der Waals surface area contributed by atoms with Crippen molar-refractivity contribution in [3.05, 3.63) is 83.4 Å². The molecule has 5 rings (SSSR count). The van der Waals surface area contributed by atoms with Crippen molar-refractivity contribution in [2.24, 2.45) is 5.92 Å². The monoisotopic (exact) mass is 474 g/mol. The zero-order valence-corrected chi connectivity index (χ0v) is 20.2. The lowest BCUT2D eigenvalue weighted by atomic mass is 9.84. The number of hydrogen-bond donors (Lipinski definition) is 1. The number of carbonyl (C=O) groups is 2. The molecule has 182 valence electrons. The predicted octanol–water partition coefficient (Wildman–Crippen LogP) is 4.97. The summed E-state index contributed by atoms with van der Waals surface area (Å²) in [4.78, 5) is 28.9. The van der Waals surface area contributed by atoms with Crippen LogP contribution in [0.25, 0.3) is 5.69 Å². The molecule has 3 aromatic rings. The van der Waals surface area contributed by atoms with Gasteiger partial charge in [-0.1, -0.05) is 31.0 Å². The van der Waals surface area contributed by atoms with Crippen LogP contribution < -0.4 is 5.32 Å². The SMILES string of the molecule is Cc1c(C(C)NC(=O)C2CC3CCCCC3N2C(=O)c2ccccc2)cnn1-c1ccc(F)cc1. The van der Waals surface area contributed by atoms with Crippen LogP contribution >= 0.6 is 0 Å². The summed E-state index contributed by atoms with van der Waals surface area (Å²) in [6.45, 7) is 3.87. The van der Waals surface area contributed by atoms with Crippen LogP contribution in [-0.4, -0.2) is 38.6 Å². The first-order chi connectivity index (χ1) is 16.9. The molecule has 35 heavy (non-hydrogen) atoms. The Morgan fingerprint density at radius 1 is 1.06 bits per heavy atom. The first-order valence-electron chi connectivity index (χ1n) is 12.4. The van der Waals surface area contributed by atoms with E-state index in [1.807, 2.05) is 49.1 Å². The highest BCUT2D eigenvalue weighted by Gasteiger charge is 2.47. The van der Waals surface area contributed by atoms with Crippen molar-refractivity contribution in [2.75, 3.05) is 0 Å². The Kier molecular flexibility index (Phi) is 6.41. The van der Waals surface area contributed by atoms with Crippen LogP contribution in [0.1, 0.15) is 66.7 Å². The lowest BCUT2D eigenvalue weighted by molar-refractivity contribution is -0.125. The van der Waals surface area contributed by atoms with Gasteiger partial charge in [0.1, 0.15) is 11.9 Å². The van der Waals surface area contributed by atoms with Crippen molar-refractivity contribution in [1.29, 1.82) is 0 Å². The Bertz CT molecular complexity index is 1210. The van der Waals surface area contributed by atoms with E-state index in [4.69, 9.17) is 0 Å². The standard InChI is InChI=1S/C28H31FN4O2/c1-18(24-17-30-33(19(24)2)23-14-12-22(29)13-15-23)31-27(34)26-16-21-10-6-7-11-25(21)32(26)28(35)20-8-4-3-5-9-20/h3-5,8-9,12-15,17-18,21,25-26H,6-7,10-11,16H2,1-2H3,(H,31,34). The number of nitrogens with zero attached hydrogens (tertiary/aromatic N) is 3. The summed E-state index contributed by atoms with van der Waals surface area (Å²) in [7, 11) is 0. The van der Waals surface area contributed by atoms with Gasteiger partial charge in [0, 0.05) is 22.9 Å². The van der Waals surface area contributed by atoms with E-state index in [2.05, 4.69) is 10.4 Å². The van der Waals surface area contributed by atoms with Crippen molar-refractivity contribution in [2.45, 2.75) is 64.1 Å². The molecule has 1 saturated heterocycles. The number of halogens is 1. The van der Waals surface area contributed by atoms with E-state index in [0.29, 0.717) is 17.9 Å². The number of fused-ring (bicyclic) bond motifs is 1. The minimum atomic E-state index is -0.481. The molecule has 4 unspecified atom stereocenters. The Labute approximate surface area is 205 Å². The smallest absolute Gasteiger partial charge is 0.254 e. The van der Waals surface area contributed by atoms with E-state index in [-0.39, 0.29) is 29.7 Å². The number of carbonyl (C=O) groups excluding carboxylic acids is 2. The molecular weight excluding hydrogens is 443 g/mol. The van der Waals surface area contributed by atoms with E-state index < -0.39 is 6.04 Å². The van der Waals surface area contributed by atoms with Crippen LogP contribution in [0.5, 0.6) is 0 Å². The number of nitrogens with one attached hydrogen (secondary N) is 1. The highest BCUT2D eigenvalue weighted by molar-refractivity contribution is 5.98. The minimum absolute atomic E-state index is 0.0619. The first kappa shape index (κ1) is 23.3. The molecule has 1 aliphatic heterocycles. The van der Waals surface area contributed by atoms with Gasteiger partial charge < -0.3 is 10.2 Å². The molecule has 1 aliphatic carbocycles. The summed E-state index contributed by atoms with van der Waals surface area (Å²) in [6, 6.07) is 14.8. The summed E-state index contributed by atoms with van der Waals surface area (Å²) in [6.07, 6.45) is 6.70. The molecule has 2 heterocycles. The van der Waals surface area contributed by atoms with Crippen molar-refractivity contribution in [3.63, 3.8) is 0 Å². The van der Waals surface area contributed by atoms with Gasteiger partial charge in [0.2, 0.25) is 5.91 Å². The average Bonchev–Trinajstić information content (AvgIpc) is 3.45. The van der Waals surface area contributed by atoms with E-state index in [1.165, 1.54) is 12.1 Å². The molecule has 7 heteroatoms. The summed E-state index contributed by atoms with van der Waals surface area (Å²) >= 11 is 0. The lowest BCUT2D eigenvalue weighted by Gasteiger charge is -2.34. The van der Waals surface area contributed by atoms with E-state index >= 15 is 0 Å². The highest BCUT2D eigenvalue weighted by atomic mass is 19.1. The molecule has 0 spiro atoms. The van der Waals surface area contributed by atoms with Gasteiger partial charge in [-0.15, -0.1) is 0 Å². The fourth-order valence-corrected chi connectivity index (χ4v) is 5.79. The van der Waals surface area contributed by atoms with Gasteiger partial charge in [0.05, 0.1) is 17.9 Å². The Hall–Kier alpha value is -3.48. The Morgan fingerprint density at radius 3 is 2.51 bits per heavy atom. The second-order valence-electron chi connectivity index (χ2n) is 9.75. The molecule has 0 bridgehead atoms. The average molecular weight is 475 g/mol. The number of likely N-dealkylation sites (tertiary alicyclic amines) is 1. The molecule has 0 radical (unpaired) electrons. The molecule has 6 nitrogen and oxygen atoms in total. The summed E-state index contributed by atoms with van der Waals surface area (Å²) in [5.41, 5.74) is 3.15. The van der Waals surface area contributed by atoms with Crippen LogP contribution in [-0.2, 0) is 4.79 Å². The second-order valence-corrected chi connectivity index (χ2v) is 9.75. The minimum Gasteiger partial charge on any atom is -0.348 e. The second kappa shape index (κ2) is 9.64. The third-order valence-electron chi connectivity index (χ3n) is 7.59. The maximum atomic E-state index is 13.6. The van der Waals surface area contributed by atoms with E-state index in [1.54, 1.807) is 23.0 Å². The molecule has 4 atom stereocenters. The molecule has 2 amide bonds. The largest absolute Gasteiger partial charge is 0.348 e. The highest BCUT2D eigenvalue weighted by Crippen LogP contribution is 2.40. The van der Waals surface area contributed by atoms with Crippen molar-refractivity contribution in [1.82, 2.24) is 20.0 Å². The maximum Gasteiger partial charge on any atom is 0.254 e. The van der Waals surface area contributed by atoms with E-state index in [0.717, 1.165) is 42.6 Å². The van der Waals surface area contributed by atoms with Gasteiger partial charge in [-0.2, -0.15) is 5.10 Å². The maximum absolute atomic E-state index is 13.6. The molecule has 1 aromatic heterocycles. The molecule has 2 aromatic carbocycles. The molecule has 2 fully saturated rings. The molecular formula is C28H31FN4O2. The van der Waals surface area contributed by atoms with Gasteiger partial charge in [0.15, 0.2) is 0 Å². The third kappa shape index (κ3) is 4.47. The number of hydrogen-bond acceptors (Lipinski definition) is 3. The molecule has 1 N–H and O–H groups in total. The normalized spacial score (nSPS) is 22.5. The summed E-state index contributed by atoms with van der Waals surface area (Å²) < 4.78 is 15.1. The van der Waals surface area contributed by atoms with Crippen molar-refractivity contribution in [3.8, 4) is 5.69 Å². The summed E-state index contributed by atoms with van der Waals surface area (Å²) in [5.74, 6) is -0.116. The van der Waals surface area contributed by atoms with Gasteiger partial charge >= 0.3 is 0 Å². The van der Waals surface area contributed by atoms with Crippen LogP contribution in [0.2, 0.25) is 0 Å². The summed E-state index contributed by atoms with van der Waals surface area (Å²) in [5, 5.41) is 7.61. The van der Waals surface area contributed by atoms with Crippen LogP contribution in [0.3, 0.4) is 0 Å².